The molecule has 27 heavy (non-hydrogen) atoms. The molecule has 142 valence electrons. The third-order valence-electron chi connectivity index (χ3n) is 4.71. The van der Waals surface area contributed by atoms with E-state index >= 15 is 0 Å². The molecule has 0 spiro atoms. The SMILES string of the molecule is C=CC[C@H]1CC(C)=C[C@H](CC=C)N1C(=O)CCc1nnc(-c2ccsc2)o1. The van der Waals surface area contributed by atoms with Crippen LogP contribution in [0.25, 0.3) is 11.5 Å². The van der Waals surface area contributed by atoms with Crippen LogP contribution in [0.15, 0.2) is 58.2 Å². The predicted molar refractivity (Wildman–Crippen MR) is 108 cm³/mol. The fourth-order valence-corrected chi connectivity index (χ4v) is 4.18. The van der Waals surface area contributed by atoms with Crippen molar-refractivity contribution in [2.24, 2.45) is 0 Å². The highest BCUT2D eigenvalue weighted by molar-refractivity contribution is 7.08. The van der Waals surface area contributed by atoms with Crippen LogP contribution in [0.3, 0.4) is 0 Å². The Morgan fingerprint density at radius 1 is 1.37 bits per heavy atom. The van der Waals surface area contributed by atoms with Gasteiger partial charge in [-0.05, 0) is 37.6 Å². The Kier molecular flexibility index (Phi) is 6.40. The molecule has 0 bridgehead atoms. The smallest absolute Gasteiger partial charge is 0.248 e. The second kappa shape index (κ2) is 8.95. The Bertz CT molecular complexity index is 822. The van der Waals surface area contributed by atoms with Crippen LogP contribution in [0.5, 0.6) is 0 Å². The Morgan fingerprint density at radius 2 is 2.19 bits per heavy atom. The van der Waals surface area contributed by atoms with Crippen LogP contribution in [0.2, 0.25) is 0 Å². The largest absolute Gasteiger partial charge is 0.421 e. The first-order valence-corrected chi connectivity index (χ1v) is 10.1. The third kappa shape index (κ3) is 4.63. The minimum absolute atomic E-state index is 0.0535. The maximum Gasteiger partial charge on any atom is 0.248 e. The number of carbonyl (C=O) groups is 1. The highest BCUT2D eigenvalue weighted by Crippen LogP contribution is 2.28. The fraction of sp³-hybridized carbons (Fsp3) is 0.381. The van der Waals surface area contributed by atoms with Crippen LogP contribution in [0.4, 0.5) is 0 Å². The van der Waals surface area contributed by atoms with E-state index < -0.39 is 0 Å². The Hall–Kier alpha value is -2.47. The molecule has 0 aromatic carbocycles. The highest BCUT2D eigenvalue weighted by atomic mass is 32.1. The Labute approximate surface area is 164 Å². The van der Waals surface area contributed by atoms with Crippen molar-refractivity contribution < 1.29 is 9.21 Å². The zero-order valence-corrected chi connectivity index (χ0v) is 16.5. The molecule has 0 aliphatic carbocycles. The van der Waals surface area contributed by atoms with Crippen molar-refractivity contribution in [2.45, 2.75) is 51.1 Å². The minimum atomic E-state index is 0.0535. The highest BCUT2D eigenvalue weighted by Gasteiger charge is 2.31. The quantitative estimate of drug-likeness (QED) is 0.615. The molecule has 3 heterocycles. The van der Waals surface area contributed by atoms with Gasteiger partial charge in [0.05, 0.1) is 6.04 Å². The molecular weight excluding hydrogens is 358 g/mol. The van der Waals surface area contributed by atoms with E-state index in [-0.39, 0.29) is 18.0 Å². The molecule has 6 heteroatoms. The van der Waals surface area contributed by atoms with Crippen molar-refractivity contribution in [1.82, 2.24) is 15.1 Å². The van der Waals surface area contributed by atoms with E-state index in [2.05, 4.69) is 36.4 Å². The van der Waals surface area contributed by atoms with Crippen LogP contribution in [0, 0.1) is 0 Å². The molecule has 2 aromatic rings. The lowest BCUT2D eigenvalue weighted by Crippen LogP contribution is -2.48. The van der Waals surface area contributed by atoms with Gasteiger partial charge in [-0.2, -0.15) is 11.3 Å². The molecule has 0 saturated heterocycles. The van der Waals surface area contributed by atoms with Crippen LogP contribution < -0.4 is 0 Å². The van der Waals surface area contributed by atoms with Crippen LogP contribution in [0.1, 0.15) is 38.5 Å². The average Bonchev–Trinajstić information content (AvgIpc) is 3.31. The van der Waals surface area contributed by atoms with E-state index in [1.54, 1.807) is 11.3 Å². The Balaban J connectivity index is 1.69. The van der Waals surface area contributed by atoms with E-state index in [0.717, 1.165) is 24.8 Å². The van der Waals surface area contributed by atoms with Gasteiger partial charge in [0, 0.05) is 29.8 Å². The molecule has 3 rings (SSSR count). The number of hydrogen-bond acceptors (Lipinski definition) is 5. The number of nitrogens with zero attached hydrogens (tertiary/aromatic N) is 3. The van der Waals surface area contributed by atoms with E-state index in [9.17, 15) is 4.79 Å². The van der Waals surface area contributed by atoms with Gasteiger partial charge in [-0.15, -0.1) is 23.4 Å². The summed E-state index contributed by atoms with van der Waals surface area (Å²) in [5.74, 6) is 1.10. The van der Waals surface area contributed by atoms with Gasteiger partial charge in [0.25, 0.3) is 0 Å². The molecule has 0 unspecified atom stereocenters. The summed E-state index contributed by atoms with van der Waals surface area (Å²) in [4.78, 5) is 15.0. The topological polar surface area (TPSA) is 59.2 Å². The summed E-state index contributed by atoms with van der Waals surface area (Å²) in [5.41, 5.74) is 2.23. The maximum atomic E-state index is 13.0. The number of hydrogen-bond donors (Lipinski definition) is 0. The summed E-state index contributed by atoms with van der Waals surface area (Å²) < 4.78 is 5.70. The molecule has 0 radical (unpaired) electrons. The fourth-order valence-electron chi connectivity index (χ4n) is 3.55. The van der Waals surface area contributed by atoms with Crippen molar-refractivity contribution in [3.8, 4) is 11.5 Å². The zero-order chi connectivity index (χ0) is 19.2. The molecule has 0 fully saturated rings. The van der Waals surface area contributed by atoms with Crippen molar-refractivity contribution in [3.05, 3.63) is 59.7 Å². The van der Waals surface area contributed by atoms with Gasteiger partial charge in [0.15, 0.2) is 0 Å². The summed E-state index contributed by atoms with van der Waals surface area (Å²) >= 11 is 1.58. The van der Waals surface area contributed by atoms with E-state index in [1.165, 1.54) is 5.57 Å². The molecule has 0 N–H and O–H groups in total. The van der Waals surface area contributed by atoms with Gasteiger partial charge < -0.3 is 9.32 Å². The second-order valence-electron chi connectivity index (χ2n) is 6.80. The molecule has 1 amide bonds. The van der Waals surface area contributed by atoms with Crippen LogP contribution in [-0.2, 0) is 11.2 Å². The summed E-state index contributed by atoms with van der Waals surface area (Å²) in [6, 6.07) is 2.14. The van der Waals surface area contributed by atoms with Gasteiger partial charge in [0.2, 0.25) is 17.7 Å². The maximum absolute atomic E-state index is 13.0. The van der Waals surface area contributed by atoms with Gasteiger partial charge in [-0.3, -0.25) is 4.79 Å². The van der Waals surface area contributed by atoms with E-state index in [0.29, 0.717) is 24.6 Å². The van der Waals surface area contributed by atoms with Crippen molar-refractivity contribution >= 4 is 17.2 Å². The van der Waals surface area contributed by atoms with Gasteiger partial charge in [0.1, 0.15) is 0 Å². The molecule has 2 atom stereocenters. The van der Waals surface area contributed by atoms with Gasteiger partial charge >= 0.3 is 0 Å². The predicted octanol–water partition coefficient (Wildman–Crippen LogP) is 4.80. The zero-order valence-electron chi connectivity index (χ0n) is 15.6. The molecule has 2 aromatic heterocycles. The summed E-state index contributed by atoms with van der Waals surface area (Å²) in [5, 5.41) is 12.1. The molecular formula is C21H25N3O2S. The van der Waals surface area contributed by atoms with Crippen molar-refractivity contribution in [2.75, 3.05) is 0 Å². The first kappa shape index (κ1) is 19.3. The lowest BCUT2D eigenvalue weighted by atomic mass is 9.92. The Morgan fingerprint density at radius 3 is 2.89 bits per heavy atom. The first-order chi connectivity index (χ1) is 13.1. The molecule has 5 nitrogen and oxygen atoms in total. The van der Waals surface area contributed by atoms with Crippen molar-refractivity contribution in [1.29, 1.82) is 0 Å². The number of carbonyl (C=O) groups excluding carboxylic acids is 1. The minimum Gasteiger partial charge on any atom is -0.421 e. The van der Waals surface area contributed by atoms with Crippen molar-refractivity contribution in [3.63, 3.8) is 0 Å². The summed E-state index contributed by atoms with van der Waals surface area (Å²) in [6.07, 6.45) is 9.15. The number of rotatable bonds is 8. The van der Waals surface area contributed by atoms with Gasteiger partial charge in [-0.1, -0.05) is 23.8 Å². The molecule has 1 aliphatic heterocycles. The van der Waals surface area contributed by atoms with Crippen LogP contribution in [-0.4, -0.2) is 33.1 Å². The average molecular weight is 384 g/mol. The number of aryl methyl sites for hydroxylation is 1. The third-order valence-corrected chi connectivity index (χ3v) is 5.39. The summed E-state index contributed by atoms with van der Waals surface area (Å²) in [6.45, 7) is 9.82. The lowest BCUT2D eigenvalue weighted by Gasteiger charge is -2.40. The standard InChI is InChI=1S/C21H25N3O2S/c1-4-6-17-12-15(3)13-18(7-5-2)24(17)20(25)9-8-19-22-23-21(26-19)16-10-11-27-14-16/h4-5,10-12,14,17-18H,1-2,6-9,13H2,3H3/t17-,18-/m0/s1. The number of amides is 1. The number of aromatic nitrogens is 2. The lowest BCUT2D eigenvalue weighted by molar-refractivity contribution is -0.135. The molecule has 0 saturated carbocycles. The first-order valence-electron chi connectivity index (χ1n) is 9.17. The monoisotopic (exact) mass is 383 g/mol. The molecule has 1 aliphatic rings. The van der Waals surface area contributed by atoms with Crippen LogP contribution >= 0.6 is 11.3 Å². The van der Waals surface area contributed by atoms with E-state index in [4.69, 9.17) is 4.42 Å². The van der Waals surface area contributed by atoms with E-state index in [1.807, 2.05) is 33.9 Å². The second-order valence-corrected chi connectivity index (χ2v) is 7.58. The summed E-state index contributed by atoms with van der Waals surface area (Å²) in [7, 11) is 0. The normalized spacial score (nSPS) is 19.6. The number of thiophene rings is 1. The van der Waals surface area contributed by atoms with Gasteiger partial charge in [-0.25, -0.2) is 0 Å².